The molecule has 14 heteroatoms. The van der Waals surface area contributed by atoms with E-state index >= 15 is 0 Å². The first kappa shape index (κ1) is 87.8. The lowest BCUT2D eigenvalue weighted by molar-refractivity contribution is 0.986. The second-order valence-electron chi connectivity index (χ2n) is 33.1. The van der Waals surface area contributed by atoms with Gasteiger partial charge in [0.25, 0.3) is 0 Å². The lowest BCUT2D eigenvalue weighted by atomic mass is 9.97. The van der Waals surface area contributed by atoms with Crippen molar-refractivity contribution in [3.05, 3.63) is 451 Å². The maximum absolute atomic E-state index is 5.96. The summed E-state index contributed by atoms with van der Waals surface area (Å²) in [4.78, 5) is 33.0. The molecule has 0 unspecified atom stereocenters. The van der Waals surface area contributed by atoms with Crippen molar-refractivity contribution in [2.24, 2.45) is 40.1 Å². The van der Waals surface area contributed by atoms with Crippen molar-refractivity contribution in [2.75, 3.05) is 0 Å². The highest BCUT2D eigenvalue weighted by atomic mass is 14.8. The molecule has 0 fully saturated rings. The van der Waals surface area contributed by atoms with E-state index in [0.29, 0.717) is 45.8 Å². The van der Waals surface area contributed by atoms with Crippen LogP contribution >= 0.6 is 0 Å². The highest BCUT2D eigenvalue weighted by Crippen LogP contribution is 2.38. The molecule has 7 aromatic heterocycles. The van der Waals surface area contributed by atoms with Gasteiger partial charge in [-0.1, -0.05) is 352 Å². The van der Waals surface area contributed by atoms with E-state index in [1.165, 1.54) is 136 Å². The molecule has 648 valence electrons. The van der Waals surface area contributed by atoms with Crippen molar-refractivity contribution in [2.45, 2.75) is 66.6 Å². The highest BCUT2D eigenvalue weighted by molar-refractivity contribution is 6.14. The van der Waals surface area contributed by atoms with Crippen molar-refractivity contribution in [1.82, 2.24) is 34.9 Å². The van der Waals surface area contributed by atoms with E-state index in [1.807, 2.05) is 84.9 Å². The summed E-state index contributed by atoms with van der Waals surface area (Å²) in [6.45, 7) is 9.55. The monoisotopic (exact) mass is 1730 g/mol. The summed E-state index contributed by atoms with van der Waals surface area (Å²) in [6.07, 6.45) is 0. The van der Waals surface area contributed by atoms with Gasteiger partial charge in [0.2, 0.25) is 0 Å². The molecule has 7 heterocycles. The summed E-state index contributed by atoms with van der Waals surface area (Å²) in [6, 6.07) is 136. The van der Waals surface area contributed by atoms with Gasteiger partial charge in [-0.05, 0) is 145 Å². The van der Waals surface area contributed by atoms with Crippen LogP contribution in [-0.2, 0) is 45.8 Å². The lowest BCUT2D eigenvalue weighted by Gasteiger charge is -2.11. The molecule has 0 radical (unpaired) electrons. The smallest absolute Gasteiger partial charge is 0.0790 e. The number of nitrogens with two attached hydrogens (primary N) is 7. The zero-order valence-corrected chi connectivity index (χ0v) is 74.6. The number of fused-ring (bicyclic) bond motifs is 21. The number of aromatic nitrogens is 7. The molecule has 0 saturated heterocycles. The fraction of sp³-hybridized carbons (Fsp3) is 0.0840. The number of benzene rings is 17. The predicted molar refractivity (Wildman–Crippen MR) is 561 cm³/mol. The van der Waals surface area contributed by atoms with Crippen LogP contribution in [0.1, 0.15) is 56.5 Å². The maximum Gasteiger partial charge on any atom is 0.0790 e. The molecule has 0 amide bonds. The first-order valence-corrected chi connectivity index (χ1v) is 45.0. The van der Waals surface area contributed by atoms with E-state index in [9.17, 15) is 0 Å². The Hall–Kier alpha value is -15.9. The molecule has 24 aromatic rings. The highest BCUT2D eigenvalue weighted by Gasteiger charge is 2.17. The normalized spacial score (nSPS) is 11.1. The van der Waals surface area contributed by atoms with Crippen molar-refractivity contribution < 1.29 is 0 Å². The third kappa shape index (κ3) is 18.9. The molecule has 14 nitrogen and oxygen atoms in total. The van der Waals surface area contributed by atoms with Gasteiger partial charge in [-0.2, -0.15) is 0 Å². The molecule has 133 heavy (non-hydrogen) atoms. The summed E-state index contributed by atoms with van der Waals surface area (Å²) < 4.78 is 0. The van der Waals surface area contributed by atoms with Gasteiger partial charge in [-0.15, -0.1) is 0 Å². The largest absolute Gasteiger partial charge is 0.325 e. The van der Waals surface area contributed by atoms with E-state index in [-0.39, 0.29) is 0 Å². The third-order valence-electron chi connectivity index (χ3n) is 24.6. The number of rotatable bonds is 10. The van der Waals surface area contributed by atoms with Crippen LogP contribution in [0.4, 0.5) is 0 Å². The van der Waals surface area contributed by atoms with E-state index in [4.69, 9.17) is 60.1 Å². The molecule has 0 atom stereocenters. The molecule has 0 aliphatic heterocycles. The Morgan fingerprint density at radius 3 is 0.752 bits per heavy atom. The first-order chi connectivity index (χ1) is 65.4. The van der Waals surface area contributed by atoms with Crippen molar-refractivity contribution in [3.63, 3.8) is 0 Å². The van der Waals surface area contributed by atoms with Crippen LogP contribution in [-0.4, -0.2) is 34.9 Å². The fourth-order valence-corrected chi connectivity index (χ4v) is 17.8. The quantitative estimate of drug-likeness (QED) is 0.0628. The van der Waals surface area contributed by atoms with Crippen molar-refractivity contribution in [1.29, 1.82) is 0 Å². The molecular formula is C119H102N14. The first-order valence-electron chi connectivity index (χ1n) is 45.0. The maximum atomic E-state index is 5.96. The average Bonchev–Trinajstić information content (AvgIpc) is 0.760. The van der Waals surface area contributed by atoms with Gasteiger partial charge < -0.3 is 40.1 Å². The van der Waals surface area contributed by atoms with Gasteiger partial charge >= 0.3 is 0 Å². The molecule has 0 aliphatic carbocycles. The molecule has 0 saturated carbocycles. The Labute approximate surface area is 772 Å². The predicted octanol–water partition coefficient (Wildman–Crippen LogP) is 25.9. The van der Waals surface area contributed by atoms with Crippen molar-refractivity contribution >= 4 is 152 Å². The van der Waals surface area contributed by atoms with E-state index in [2.05, 4.69) is 345 Å². The minimum atomic E-state index is 0.434. The summed E-state index contributed by atoms with van der Waals surface area (Å²) in [7, 11) is 0. The Morgan fingerprint density at radius 1 is 0.158 bits per heavy atom. The Bertz CT molecular complexity index is 8100. The van der Waals surface area contributed by atoms with Crippen LogP contribution in [0.25, 0.3) is 185 Å². The van der Waals surface area contributed by atoms with Gasteiger partial charge in [-0.25, -0.2) is 0 Å². The molecule has 14 N–H and O–H groups in total. The Kier molecular flexibility index (Phi) is 26.7. The fourth-order valence-electron chi connectivity index (χ4n) is 17.8. The summed E-state index contributed by atoms with van der Waals surface area (Å²) >= 11 is 0. The topological polar surface area (TPSA) is 272 Å². The van der Waals surface area contributed by atoms with Gasteiger partial charge in [0, 0.05) is 127 Å². The number of pyridine rings is 7. The van der Waals surface area contributed by atoms with Crippen LogP contribution in [0.3, 0.4) is 0 Å². The number of nitrogens with zero attached hydrogens (tertiary/aromatic N) is 7. The van der Waals surface area contributed by atoms with Gasteiger partial charge in [0.15, 0.2) is 0 Å². The minimum Gasteiger partial charge on any atom is -0.325 e. The molecule has 17 aromatic carbocycles. The summed E-state index contributed by atoms with van der Waals surface area (Å²) in [5.41, 5.74) is 65.0. The Balaban J connectivity index is 0.000000104. The molecule has 0 bridgehead atoms. The van der Waals surface area contributed by atoms with Crippen LogP contribution in [0.5, 0.6) is 0 Å². The van der Waals surface area contributed by atoms with Gasteiger partial charge in [0.05, 0.1) is 78.5 Å². The second-order valence-corrected chi connectivity index (χ2v) is 33.1. The molecular weight excluding hydrogens is 1630 g/mol. The zero-order chi connectivity index (χ0) is 91.3. The van der Waals surface area contributed by atoms with Gasteiger partial charge in [-0.3, -0.25) is 34.9 Å². The number of aryl methyl sites for hydroxylation is 3. The molecule has 0 aliphatic rings. The van der Waals surface area contributed by atoms with Crippen LogP contribution in [0.15, 0.2) is 394 Å². The standard InChI is InChI=1S/3C20H16N2.3C15H14N2.C14H12N2/c2*21-13-16-12-19(14-6-2-1-3-7-14)18-11-10-15-8-4-5-9-17(15)20(18)22-16;21-13-19-18(14-6-2-1-3-7-14)12-16-11-10-15-8-4-5-9-17(15)20(16)22-19;2*1-10-8-12(9-16)17-15-13(10)7-6-11-4-2-3-5-14(11)15;1-10-8-12-7-6-11-4-2-3-5-13(11)15(12)17-14(10)9-16;15-9-12-8-7-11-6-5-10-3-1-2-4-13(10)14(11)16-12/h3*1-12H,13,21H2;3*2-8H,9,16H2,1H3;1-8H,9,15H2. The number of hydrogen-bond donors (Lipinski definition) is 7. The van der Waals surface area contributed by atoms with Gasteiger partial charge in [0.1, 0.15) is 0 Å². The van der Waals surface area contributed by atoms with Crippen LogP contribution in [0.2, 0.25) is 0 Å². The number of hydrogen-bond acceptors (Lipinski definition) is 14. The lowest BCUT2D eigenvalue weighted by Crippen LogP contribution is -2.03. The van der Waals surface area contributed by atoms with Crippen LogP contribution < -0.4 is 40.1 Å². The summed E-state index contributed by atoms with van der Waals surface area (Å²) in [5.74, 6) is 0. The minimum absolute atomic E-state index is 0.434. The zero-order valence-electron chi connectivity index (χ0n) is 74.6. The van der Waals surface area contributed by atoms with Crippen molar-refractivity contribution in [3.8, 4) is 33.4 Å². The molecule has 24 rings (SSSR count). The average molecular weight is 1730 g/mol. The van der Waals surface area contributed by atoms with E-state index < -0.39 is 0 Å². The molecule has 0 spiro atoms. The van der Waals surface area contributed by atoms with E-state index in [1.54, 1.807) is 0 Å². The van der Waals surface area contributed by atoms with E-state index in [0.717, 1.165) is 106 Å². The SMILES string of the molecule is Cc1cc(CN)nc2c1ccc1ccccc12.Cc1cc(CN)nc2c1ccc1ccccc12.Cc1cc2ccc3ccccc3c2nc1CN.NCc1cc(-c2ccccc2)c2ccc3ccccc3c2n1.NCc1cc(-c2ccccc2)c2ccc3ccccc3c2n1.NCc1ccc2ccc3ccccc3c2n1.NCc1nc2c(ccc3ccccc32)cc1-c1ccccc1. The van der Waals surface area contributed by atoms with Crippen LogP contribution in [0, 0.1) is 20.8 Å². The summed E-state index contributed by atoms with van der Waals surface area (Å²) in [5, 5.41) is 25.0. The third-order valence-corrected chi connectivity index (χ3v) is 24.6. The second kappa shape index (κ2) is 40.4. The Morgan fingerprint density at radius 2 is 0.406 bits per heavy atom.